The van der Waals surface area contributed by atoms with Gasteiger partial charge in [0.15, 0.2) is 0 Å². The molecule has 6 nitrogen and oxygen atoms in total. The van der Waals surface area contributed by atoms with Crippen LogP contribution in [0.2, 0.25) is 0 Å². The van der Waals surface area contributed by atoms with Crippen LogP contribution >= 0.6 is 34.4 Å². The summed E-state index contributed by atoms with van der Waals surface area (Å²) in [6, 6.07) is 4.44. The fourth-order valence-electron chi connectivity index (χ4n) is 3.91. The third-order valence-electron chi connectivity index (χ3n) is 5.30. The summed E-state index contributed by atoms with van der Waals surface area (Å²) < 4.78 is 3.35. The van der Waals surface area contributed by atoms with Gasteiger partial charge in [-0.1, -0.05) is 12.5 Å². The summed E-state index contributed by atoms with van der Waals surface area (Å²) in [5.74, 6) is 0.356. The number of hydrogen-bond acceptors (Lipinski definition) is 7. The SMILES string of the molecule is O=C1CSc2sc3c(=O)n(C[C@H](c4cccs4)N4CCCCC4)cnc3c2N1. The predicted octanol–water partition coefficient (Wildman–Crippen LogP) is 3.79. The highest BCUT2D eigenvalue weighted by Crippen LogP contribution is 2.42. The van der Waals surface area contributed by atoms with Gasteiger partial charge in [0.25, 0.3) is 5.56 Å². The number of rotatable bonds is 4. The van der Waals surface area contributed by atoms with E-state index in [1.54, 1.807) is 22.2 Å². The molecule has 146 valence electrons. The normalized spacial score (nSPS) is 18.8. The number of anilines is 1. The molecule has 3 aromatic rings. The van der Waals surface area contributed by atoms with Gasteiger partial charge < -0.3 is 5.32 Å². The van der Waals surface area contributed by atoms with Crippen molar-refractivity contribution in [2.45, 2.75) is 36.1 Å². The first-order valence-electron chi connectivity index (χ1n) is 9.43. The van der Waals surface area contributed by atoms with Gasteiger partial charge in [0, 0.05) is 11.4 Å². The molecule has 3 aromatic heterocycles. The quantitative estimate of drug-likeness (QED) is 0.679. The summed E-state index contributed by atoms with van der Waals surface area (Å²) in [6.07, 6.45) is 5.35. The number of aromatic nitrogens is 2. The summed E-state index contributed by atoms with van der Waals surface area (Å²) >= 11 is 4.68. The average molecular weight is 433 g/mol. The van der Waals surface area contributed by atoms with Crippen LogP contribution in [-0.2, 0) is 11.3 Å². The number of likely N-dealkylation sites (tertiary alicyclic amines) is 1. The number of fused-ring (bicyclic) bond motifs is 3. The summed E-state index contributed by atoms with van der Waals surface area (Å²) in [7, 11) is 0. The molecule has 2 aliphatic heterocycles. The zero-order valence-corrected chi connectivity index (χ0v) is 17.7. The minimum atomic E-state index is -0.0361. The Morgan fingerprint density at radius 1 is 1.21 bits per heavy atom. The fourth-order valence-corrected chi connectivity index (χ4v) is 6.94. The van der Waals surface area contributed by atoms with Gasteiger partial charge in [-0.2, -0.15) is 0 Å². The van der Waals surface area contributed by atoms with E-state index in [0.717, 1.165) is 17.3 Å². The highest BCUT2D eigenvalue weighted by atomic mass is 32.2. The molecule has 1 saturated heterocycles. The summed E-state index contributed by atoms with van der Waals surface area (Å²) in [6.45, 7) is 2.75. The second kappa shape index (κ2) is 7.62. The Labute approximate surface area is 174 Å². The van der Waals surface area contributed by atoms with Gasteiger partial charge in [0.2, 0.25) is 5.91 Å². The van der Waals surface area contributed by atoms with Gasteiger partial charge in [-0.3, -0.25) is 19.1 Å². The maximum atomic E-state index is 13.2. The monoisotopic (exact) mass is 432 g/mol. The van der Waals surface area contributed by atoms with Gasteiger partial charge in [-0.25, -0.2) is 4.98 Å². The smallest absolute Gasteiger partial charge is 0.271 e. The van der Waals surface area contributed by atoms with Crippen LogP contribution in [0.5, 0.6) is 0 Å². The van der Waals surface area contributed by atoms with Gasteiger partial charge in [0.05, 0.1) is 28.0 Å². The molecule has 9 heteroatoms. The van der Waals surface area contributed by atoms with E-state index < -0.39 is 0 Å². The van der Waals surface area contributed by atoms with Gasteiger partial charge >= 0.3 is 0 Å². The molecule has 5 heterocycles. The van der Waals surface area contributed by atoms with Gasteiger partial charge in [-0.05, 0) is 37.4 Å². The standard InChI is InChI=1S/C19H20N4O2S3/c24-14-10-27-19-16(21-14)15-17(28-19)18(25)23(11-20-15)9-12(13-5-4-8-26-13)22-6-2-1-3-7-22/h4-5,8,11-12H,1-3,6-7,9-10H2,(H,21,24)/t12-/m1/s1. The minimum absolute atomic E-state index is 0.0159. The van der Waals surface area contributed by atoms with E-state index in [1.807, 2.05) is 0 Å². The van der Waals surface area contributed by atoms with Crippen molar-refractivity contribution >= 4 is 56.2 Å². The van der Waals surface area contributed by atoms with E-state index in [0.29, 0.717) is 28.2 Å². The molecule has 0 radical (unpaired) electrons. The second-order valence-electron chi connectivity index (χ2n) is 7.11. The lowest BCUT2D eigenvalue weighted by molar-refractivity contribution is -0.113. The first kappa shape index (κ1) is 18.4. The maximum Gasteiger partial charge on any atom is 0.271 e. The highest BCUT2D eigenvalue weighted by Gasteiger charge is 2.26. The zero-order valence-electron chi connectivity index (χ0n) is 15.2. The van der Waals surface area contributed by atoms with E-state index in [4.69, 9.17) is 0 Å². The Morgan fingerprint density at radius 2 is 2.07 bits per heavy atom. The van der Waals surface area contributed by atoms with Crippen LogP contribution in [0.3, 0.4) is 0 Å². The minimum Gasteiger partial charge on any atom is -0.322 e. The van der Waals surface area contributed by atoms with Crippen LogP contribution < -0.4 is 10.9 Å². The number of nitrogens with one attached hydrogen (secondary N) is 1. The Morgan fingerprint density at radius 3 is 2.86 bits per heavy atom. The van der Waals surface area contributed by atoms with Crippen LogP contribution in [0.4, 0.5) is 5.69 Å². The predicted molar refractivity (Wildman–Crippen MR) is 116 cm³/mol. The number of nitrogens with zero attached hydrogens (tertiary/aromatic N) is 3. The fraction of sp³-hybridized carbons (Fsp3) is 0.421. The number of thiophene rings is 2. The molecule has 1 amide bonds. The molecule has 0 aliphatic carbocycles. The molecule has 2 aliphatic rings. The van der Waals surface area contributed by atoms with E-state index in [1.165, 1.54) is 47.2 Å². The molecule has 1 N–H and O–H groups in total. The number of hydrogen-bond donors (Lipinski definition) is 1. The Balaban J connectivity index is 1.52. The van der Waals surface area contributed by atoms with Crippen molar-refractivity contribution in [3.05, 3.63) is 39.1 Å². The Bertz CT molecular complexity index is 1070. The van der Waals surface area contributed by atoms with Crippen molar-refractivity contribution in [3.63, 3.8) is 0 Å². The van der Waals surface area contributed by atoms with Crippen molar-refractivity contribution in [1.82, 2.24) is 14.5 Å². The zero-order chi connectivity index (χ0) is 19.1. The topological polar surface area (TPSA) is 67.2 Å². The van der Waals surface area contributed by atoms with Crippen LogP contribution in [0, 0.1) is 0 Å². The number of carbonyl (C=O) groups is 1. The van der Waals surface area contributed by atoms with Crippen LogP contribution in [0.1, 0.15) is 30.2 Å². The Hall–Kier alpha value is -1.68. The lowest BCUT2D eigenvalue weighted by Crippen LogP contribution is -2.37. The van der Waals surface area contributed by atoms with Crippen molar-refractivity contribution in [2.24, 2.45) is 0 Å². The molecule has 0 saturated carbocycles. The summed E-state index contributed by atoms with van der Waals surface area (Å²) in [5, 5.41) is 4.98. The van der Waals surface area contributed by atoms with E-state index in [2.05, 4.69) is 32.7 Å². The molecular weight excluding hydrogens is 412 g/mol. The van der Waals surface area contributed by atoms with Crippen molar-refractivity contribution < 1.29 is 4.79 Å². The number of piperidine rings is 1. The molecule has 1 fully saturated rings. The highest BCUT2D eigenvalue weighted by molar-refractivity contribution is 8.02. The third-order valence-corrected chi connectivity index (χ3v) is 8.72. The van der Waals surface area contributed by atoms with E-state index >= 15 is 0 Å². The summed E-state index contributed by atoms with van der Waals surface area (Å²) in [4.78, 5) is 33.3. The number of thioether (sulfide) groups is 1. The lowest BCUT2D eigenvalue weighted by Gasteiger charge is -2.34. The third kappa shape index (κ3) is 3.30. The largest absolute Gasteiger partial charge is 0.322 e. The molecule has 0 aromatic carbocycles. The van der Waals surface area contributed by atoms with Crippen LogP contribution in [-0.4, -0.2) is 39.2 Å². The first-order chi connectivity index (χ1) is 13.7. The maximum absolute atomic E-state index is 13.2. The summed E-state index contributed by atoms with van der Waals surface area (Å²) in [5.41, 5.74) is 1.31. The van der Waals surface area contributed by atoms with Crippen molar-refractivity contribution in [3.8, 4) is 0 Å². The van der Waals surface area contributed by atoms with E-state index in [9.17, 15) is 9.59 Å². The molecule has 0 spiro atoms. The molecule has 0 bridgehead atoms. The van der Waals surface area contributed by atoms with Gasteiger partial charge in [-0.15, -0.1) is 34.4 Å². The first-order valence-corrected chi connectivity index (χ1v) is 12.1. The molecule has 5 rings (SSSR count). The van der Waals surface area contributed by atoms with Crippen LogP contribution in [0.15, 0.2) is 32.8 Å². The second-order valence-corrected chi connectivity index (χ2v) is 10.4. The lowest BCUT2D eigenvalue weighted by atomic mass is 10.1. The molecular formula is C19H20N4O2S3. The average Bonchev–Trinajstić information content (AvgIpc) is 3.36. The molecule has 28 heavy (non-hydrogen) atoms. The molecule has 1 atom stereocenters. The van der Waals surface area contributed by atoms with Crippen molar-refractivity contribution in [1.29, 1.82) is 0 Å². The van der Waals surface area contributed by atoms with Gasteiger partial charge in [0.1, 0.15) is 10.2 Å². The Kier molecular flexibility index (Phi) is 5.00. The van der Waals surface area contributed by atoms with E-state index in [-0.39, 0.29) is 17.5 Å². The van der Waals surface area contributed by atoms with Crippen LogP contribution in [0.25, 0.3) is 10.2 Å². The molecule has 0 unspecified atom stereocenters. The van der Waals surface area contributed by atoms with Crippen molar-refractivity contribution in [2.75, 3.05) is 24.2 Å². The number of carbonyl (C=O) groups excluding carboxylic acids is 1. The number of amides is 1.